The second kappa shape index (κ2) is 18.8. The molecule has 3 saturated heterocycles. The molecule has 5 rings (SSSR count). The first kappa shape index (κ1) is 46.2. The standard InChI is InChI=1S/C42H63FN6O10/c1-12-31-35-32(49(40(54)58-35)46-17-15-24(3)48-21-29(45-22-48)28-14-13-16-44-20-28)26(5)33(50)23(2)19-41(7,55-11)37(27(6)36(52)42(8,43)39(53)57-31)59-38-34(51)30(47(9)10)18-25(4)56-38/h13-14,16,20-27,30-32,34-35,37-38,46,51H,12,15,17-19H2,1-11H3/t23-,24?,25?,26-,27?,30?,31-,32?,34-,35?,37-,38?,41+,42+/m1/s1. The molecule has 0 aliphatic carbocycles. The van der Waals surface area contributed by atoms with Crippen LogP contribution in [0.2, 0.25) is 0 Å². The molecule has 3 fully saturated rings. The van der Waals surface area contributed by atoms with Crippen LogP contribution in [0.25, 0.3) is 11.3 Å². The minimum atomic E-state index is -3.18. The SMILES string of the molecule is CC[C@H]1OC(=O)[C@@](C)(F)C(=O)C(C)[C@@H](OC2OC(C)CC(N(C)C)[C@H]2O)[C@@](C)(OC)C[C@@H](C)C(=O)[C@H](C)C2C1OC(=O)N2NCCC(C)n1cnc(-c2cccnc2)c1. The van der Waals surface area contributed by atoms with Crippen LogP contribution in [0.1, 0.15) is 87.1 Å². The Balaban J connectivity index is 1.44. The van der Waals surface area contributed by atoms with Gasteiger partial charge in [-0.05, 0) is 79.6 Å². The lowest BCUT2D eigenvalue weighted by molar-refractivity contribution is -0.295. The summed E-state index contributed by atoms with van der Waals surface area (Å²) in [6.07, 6.45) is 0.915. The highest BCUT2D eigenvalue weighted by atomic mass is 19.1. The molecule has 2 aromatic heterocycles. The van der Waals surface area contributed by atoms with Crippen LogP contribution in [0.5, 0.6) is 0 Å². The molecule has 5 heterocycles. The summed E-state index contributed by atoms with van der Waals surface area (Å²) in [4.78, 5) is 66.7. The number of pyridine rings is 1. The third-order valence-corrected chi connectivity index (χ3v) is 12.5. The number of halogens is 1. The average Bonchev–Trinajstić information content (AvgIpc) is 3.83. The second-order valence-electron chi connectivity index (χ2n) is 17.2. The molecular formula is C42H63FN6O10. The number of amides is 1. The van der Waals surface area contributed by atoms with Crippen molar-refractivity contribution in [2.75, 3.05) is 27.7 Å². The second-order valence-corrected chi connectivity index (χ2v) is 17.2. The van der Waals surface area contributed by atoms with Crippen LogP contribution in [0.4, 0.5) is 9.18 Å². The number of esters is 1. The quantitative estimate of drug-likeness (QED) is 0.241. The number of rotatable bonds is 11. The Labute approximate surface area is 346 Å². The van der Waals surface area contributed by atoms with E-state index in [4.69, 9.17) is 23.7 Å². The molecule has 2 aromatic rings. The molecule has 0 radical (unpaired) electrons. The van der Waals surface area contributed by atoms with Gasteiger partial charge in [-0.1, -0.05) is 27.7 Å². The van der Waals surface area contributed by atoms with Crippen molar-refractivity contribution in [2.45, 2.75) is 147 Å². The fourth-order valence-corrected chi connectivity index (χ4v) is 8.80. The number of hydrogen-bond donors (Lipinski definition) is 2. The topological polar surface area (TPSA) is 184 Å². The Bertz CT molecular complexity index is 1780. The summed E-state index contributed by atoms with van der Waals surface area (Å²) in [6.45, 7) is 13.1. The Morgan fingerprint density at radius 1 is 1.12 bits per heavy atom. The minimum absolute atomic E-state index is 0.0157. The fraction of sp³-hybridized carbons (Fsp3) is 0.714. The van der Waals surface area contributed by atoms with Crippen molar-refractivity contribution in [3.05, 3.63) is 37.1 Å². The molecule has 3 aliphatic heterocycles. The van der Waals surface area contributed by atoms with E-state index in [1.165, 1.54) is 19.0 Å². The third-order valence-electron chi connectivity index (χ3n) is 12.5. The number of aromatic nitrogens is 3. The summed E-state index contributed by atoms with van der Waals surface area (Å²) in [6, 6.07) is 2.35. The lowest BCUT2D eigenvalue weighted by Gasteiger charge is -2.47. The Morgan fingerprint density at radius 2 is 1.83 bits per heavy atom. The van der Waals surface area contributed by atoms with Crippen LogP contribution in [-0.2, 0) is 38.1 Å². The van der Waals surface area contributed by atoms with Gasteiger partial charge in [0.25, 0.3) is 5.67 Å². The van der Waals surface area contributed by atoms with E-state index in [1.54, 1.807) is 46.4 Å². The summed E-state index contributed by atoms with van der Waals surface area (Å²) in [5.41, 5.74) is 0.163. The largest absolute Gasteiger partial charge is 0.456 e. The number of ether oxygens (including phenoxy) is 5. The number of alkyl halides is 1. The van der Waals surface area contributed by atoms with E-state index in [0.717, 1.165) is 18.2 Å². The number of Topliss-reactive ketones (excluding diaryl/α,β-unsaturated/α-hetero) is 2. The van der Waals surface area contributed by atoms with Gasteiger partial charge in [0, 0.05) is 67.6 Å². The average molecular weight is 831 g/mol. The maximum atomic E-state index is 16.8. The van der Waals surface area contributed by atoms with Crippen LogP contribution < -0.4 is 5.43 Å². The predicted octanol–water partition coefficient (Wildman–Crippen LogP) is 4.31. The van der Waals surface area contributed by atoms with E-state index in [0.29, 0.717) is 12.8 Å². The number of aliphatic hydroxyl groups excluding tert-OH is 1. The molecule has 1 amide bonds. The Hall–Kier alpha value is -3.87. The first-order valence-corrected chi connectivity index (χ1v) is 20.6. The summed E-state index contributed by atoms with van der Waals surface area (Å²) in [7, 11) is 5.03. The number of nitrogens with one attached hydrogen (secondary N) is 1. The van der Waals surface area contributed by atoms with Gasteiger partial charge >= 0.3 is 12.1 Å². The van der Waals surface area contributed by atoms with Gasteiger partial charge in [-0.2, -0.15) is 0 Å². The zero-order chi connectivity index (χ0) is 43.6. The summed E-state index contributed by atoms with van der Waals surface area (Å²) < 4.78 is 48.9. The predicted molar refractivity (Wildman–Crippen MR) is 213 cm³/mol. The van der Waals surface area contributed by atoms with Gasteiger partial charge in [0.2, 0.25) is 0 Å². The number of imidazole rings is 1. The van der Waals surface area contributed by atoms with Gasteiger partial charge in [0.15, 0.2) is 18.2 Å². The molecule has 3 aliphatic rings. The maximum Gasteiger partial charge on any atom is 0.425 e. The number of carbonyl (C=O) groups excluding carboxylic acids is 4. The Kier molecular flexibility index (Phi) is 14.7. The van der Waals surface area contributed by atoms with E-state index >= 15 is 4.39 Å². The lowest BCUT2D eigenvalue weighted by Crippen LogP contribution is -2.61. The molecule has 0 aromatic carbocycles. The van der Waals surface area contributed by atoms with Crippen molar-refractivity contribution >= 4 is 23.6 Å². The number of hydrazine groups is 1. The van der Waals surface area contributed by atoms with E-state index in [-0.39, 0.29) is 43.4 Å². The van der Waals surface area contributed by atoms with Crippen molar-refractivity contribution in [1.82, 2.24) is 29.9 Å². The molecule has 16 nitrogen and oxygen atoms in total. The molecule has 7 unspecified atom stereocenters. The van der Waals surface area contributed by atoms with Crippen LogP contribution in [0.15, 0.2) is 37.1 Å². The maximum absolute atomic E-state index is 16.8. The molecule has 328 valence electrons. The number of nitrogens with zero attached hydrogens (tertiary/aromatic N) is 5. The van der Waals surface area contributed by atoms with E-state index < -0.39 is 83.6 Å². The number of methoxy groups -OCH3 is 1. The number of aliphatic hydroxyl groups is 1. The van der Waals surface area contributed by atoms with Gasteiger partial charge in [0.05, 0.1) is 29.8 Å². The van der Waals surface area contributed by atoms with Crippen LogP contribution >= 0.6 is 0 Å². The summed E-state index contributed by atoms with van der Waals surface area (Å²) in [5, 5.41) is 12.7. The van der Waals surface area contributed by atoms with Crippen molar-refractivity contribution < 1.29 is 52.4 Å². The highest BCUT2D eigenvalue weighted by molar-refractivity contribution is 6.07. The van der Waals surface area contributed by atoms with Crippen molar-refractivity contribution in [3.8, 4) is 11.3 Å². The highest BCUT2D eigenvalue weighted by Gasteiger charge is 2.57. The fourth-order valence-electron chi connectivity index (χ4n) is 8.80. The van der Waals surface area contributed by atoms with Crippen LogP contribution in [-0.4, -0.2) is 141 Å². The molecule has 0 spiro atoms. The van der Waals surface area contributed by atoms with Crippen LogP contribution in [0, 0.1) is 17.8 Å². The van der Waals surface area contributed by atoms with E-state index in [9.17, 15) is 24.3 Å². The molecule has 14 atom stereocenters. The van der Waals surface area contributed by atoms with Crippen molar-refractivity contribution in [1.29, 1.82) is 0 Å². The van der Waals surface area contributed by atoms with Crippen molar-refractivity contribution in [2.24, 2.45) is 17.8 Å². The van der Waals surface area contributed by atoms with Gasteiger partial charge in [-0.3, -0.25) is 14.6 Å². The smallest absolute Gasteiger partial charge is 0.425 e. The van der Waals surface area contributed by atoms with Gasteiger partial charge in [-0.25, -0.2) is 29.4 Å². The monoisotopic (exact) mass is 830 g/mol. The number of hydrogen-bond acceptors (Lipinski definition) is 14. The summed E-state index contributed by atoms with van der Waals surface area (Å²) in [5.74, 6) is -5.90. The number of carbonyl (C=O) groups is 4. The first-order chi connectivity index (χ1) is 27.7. The van der Waals surface area contributed by atoms with E-state index in [1.807, 2.05) is 55.7 Å². The summed E-state index contributed by atoms with van der Waals surface area (Å²) >= 11 is 0. The number of cyclic esters (lactones) is 1. The number of fused-ring (bicyclic) bond motifs is 1. The molecule has 17 heteroatoms. The molecule has 0 saturated carbocycles. The number of likely N-dealkylation sites (N-methyl/N-ethyl adjacent to an activating group) is 1. The molecule has 59 heavy (non-hydrogen) atoms. The van der Waals surface area contributed by atoms with Gasteiger partial charge < -0.3 is 38.3 Å². The van der Waals surface area contributed by atoms with Gasteiger partial charge in [0.1, 0.15) is 24.0 Å². The van der Waals surface area contributed by atoms with E-state index in [2.05, 4.69) is 15.4 Å². The van der Waals surface area contributed by atoms with Crippen LogP contribution in [0.3, 0.4) is 0 Å². The lowest BCUT2D eigenvalue weighted by atomic mass is 9.75. The third kappa shape index (κ3) is 9.70. The highest BCUT2D eigenvalue weighted by Crippen LogP contribution is 2.40. The molecule has 0 bridgehead atoms. The first-order valence-electron chi connectivity index (χ1n) is 20.6. The Morgan fingerprint density at radius 3 is 2.46 bits per heavy atom. The number of ketones is 2. The molecule has 2 N–H and O–H groups in total. The molecular weight excluding hydrogens is 767 g/mol. The minimum Gasteiger partial charge on any atom is -0.456 e. The normalized spacial score (nSPS) is 36.8. The zero-order valence-electron chi connectivity index (χ0n) is 36.2. The zero-order valence-corrected chi connectivity index (χ0v) is 36.2. The van der Waals surface area contributed by atoms with Crippen molar-refractivity contribution in [3.63, 3.8) is 0 Å². The van der Waals surface area contributed by atoms with Gasteiger partial charge in [-0.15, -0.1) is 0 Å².